The van der Waals surface area contributed by atoms with E-state index < -0.39 is 0 Å². The minimum atomic E-state index is -0.0208. The normalized spacial score (nSPS) is 36.2. The molecule has 3 aliphatic rings. The topological polar surface area (TPSA) is 37.4 Å². The molecule has 19 heavy (non-hydrogen) atoms. The van der Waals surface area contributed by atoms with E-state index in [1.54, 1.807) is 0 Å². The van der Waals surface area contributed by atoms with Gasteiger partial charge in [0.05, 0.1) is 17.5 Å². The molecule has 98 valence electrons. The van der Waals surface area contributed by atoms with Crippen molar-refractivity contribution in [2.24, 2.45) is 23.7 Å². The maximum atomic E-state index is 12.6. The summed E-state index contributed by atoms with van der Waals surface area (Å²) in [4.78, 5) is 26.6. The largest absolute Gasteiger partial charge is 0.274 e. The summed E-state index contributed by atoms with van der Waals surface area (Å²) in [7, 11) is 0. The van der Waals surface area contributed by atoms with Crippen LogP contribution in [-0.2, 0) is 9.59 Å². The van der Waals surface area contributed by atoms with Gasteiger partial charge in [-0.2, -0.15) is 0 Å². The van der Waals surface area contributed by atoms with Gasteiger partial charge in [-0.3, -0.25) is 14.5 Å². The SMILES string of the molecule is Cc1ccc(N2C(=O)[C@H]3[C@H]4CC[C@@H](C4)[C@@H]3C2=O)cc1. The second-order valence-electron chi connectivity index (χ2n) is 6.23. The minimum Gasteiger partial charge on any atom is -0.274 e. The van der Waals surface area contributed by atoms with Gasteiger partial charge in [-0.15, -0.1) is 0 Å². The molecular weight excluding hydrogens is 238 g/mol. The Morgan fingerprint density at radius 3 is 2.00 bits per heavy atom. The van der Waals surface area contributed by atoms with E-state index in [2.05, 4.69) is 0 Å². The Morgan fingerprint density at radius 2 is 1.47 bits per heavy atom. The molecule has 1 aliphatic heterocycles. The van der Waals surface area contributed by atoms with Crippen LogP contribution in [0.2, 0.25) is 0 Å². The molecule has 1 aromatic rings. The summed E-state index contributed by atoms with van der Waals surface area (Å²) in [6.07, 6.45) is 3.35. The molecule has 1 aromatic carbocycles. The first kappa shape index (κ1) is 11.2. The summed E-state index contributed by atoms with van der Waals surface area (Å²) in [6, 6.07) is 7.68. The number of carbonyl (C=O) groups excluding carboxylic acids is 2. The summed E-state index contributed by atoms with van der Waals surface area (Å²) < 4.78 is 0. The average Bonchev–Trinajstić information content (AvgIpc) is 3.06. The third kappa shape index (κ3) is 1.38. The smallest absolute Gasteiger partial charge is 0.237 e. The quantitative estimate of drug-likeness (QED) is 0.723. The number of anilines is 1. The van der Waals surface area contributed by atoms with Crippen LogP contribution in [0.4, 0.5) is 5.69 Å². The van der Waals surface area contributed by atoms with Crippen LogP contribution >= 0.6 is 0 Å². The Kier molecular flexibility index (Phi) is 2.17. The zero-order valence-electron chi connectivity index (χ0n) is 11.0. The lowest BCUT2D eigenvalue weighted by Gasteiger charge is -2.19. The minimum absolute atomic E-state index is 0.0208. The van der Waals surface area contributed by atoms with E-state index in [1.807, 2.05) is 31.2 Å². The molecule has 4 atom stereocenters. The number of hydrogen-bond acceptors (Lipinski definition) is 2. The summed E-state index contributed by atoms with van der Waals surface area (Å²) in [6.45, 7) is 2.01. The molecule has 0 aromatic heterocycles. The fourth-order valence-corrected chi connectivity index (χ4v) is 4.36. The number of rotatable bonds is 1. The number of hydrogen-bond donors (Lipinski definition) is 0. The van der Waals surface area contributed by atoms with Crippen molar-refractivity contribution in [1.82, 2.24) is 0 Å². The van der Waals surface area contributed by atoms with Gasteiger partial charge < -0.3 is 0 Å². The number of fused-ring (bicyclic) bond motifs is 5. The summed E-state index contributed by atoms with van der Waals surface area (Å²) in [5.41, 5.74) is 1.89. The second-order valence-corrected chi connectivity index (χ2v) is 6.23. The first-order chi connectivity index (χ1) is 9.16. The van der Waals surface area contributed by atoms with Crippen molar-refractivity contribution in [2.45, 2.75) is 26.2 Å². The number of amides is 2. The highest BCUT2D eigenvalue weighted by atomic mass is 16.2. The number of carbonyl (C=O) groups is 2. The van der Waals surface area contributed by atoms with Gasteiger partial charge in [0, 0.05) is 0 Å². The van der Waals surface area contributed by atoms with Gasteiger partial charge in [-0.1, -0.05) is 17.7 Å². The molecule has 2 bridgehead atoms. The first-order valence-electron chi connectivity index (χ1n) is 7.11. The van der Waals surface area contributed by atoms with E-state index >= 15 is 0 Å². The van der Waals surface area contributed by atoms with E-state index in [-0.39, 0.29) is 23.7 Å². The molecule has 1 saturated heterocycles. The summed E-state index contributed by atoms with van der Waals surface area (Å²) in [5.74, 6) is 0.973. The zero-order valence-corrected chi connectivity index (χ0v) is 11.0. The first-order valence-corrected chi connectivity index (χ1v) is 7.11. The highest BCUT2D eigenvalue weighted by Crippen LogP contribution is 2.56. The van der Waals surface area contributed by atoms with Crippen LogP contribution in [0, 0.1) is 30.6 Å². The van der Waals surface area contributed by atoms with Crippen LogP contribution in [0.25, 0.3) is 0 Å². The summed E-state index contributed by atoms with van der Waals surface area (Å²) in [5, 5.41) is 0. The Morgan fingerprint density at radius 1 is 0.947 bits per heavy atom. The van der Waals surface area contributed by atoms with Crippen molar-refractivity contribution in [1.29, 1.82) is 0 Å². The lowest BCUT2D eigenvalue weighted by molar-refractivity contribution is -0.123. The van der Waals surface area contributed by atoms with E-state index in [9.17, 15) is 9.59 Å². The maximum absolute atomic E-state index is 12.6. The van der Waals surface area contributed by atoms with Crippen LogP contribution in [0.1, 0.15) is 24.8 Å². The fourth-order valence-electron chi connectivity index (χ4n) is 4.36. The number of benzene rings is 1. The van der Waals surface area contributed by atoms with Crippen LogP contribution in [0.5, 0.6) is 0 Å². The molecule has 3 nitrogen and oxygen atoms in total. The number of aryl methyl sites for hydroxylation is 1. The molecule has 3 fully saturated rings. The average molecular weight is 255 g/mol. The van der Waals surface area contributed by atoms with Crippen LogP contribution in [0.15, 0.2) is 24.3 Å². The number of imide groups is 1. The van der Waals surface area contributed by atoms with Crippen LogP contribution < -0.4 is 4.90 Å². The molecule has 2 saturated carbocycles. The fraction of sp³-hybridized carbons (Fsp3) is 0.500. The monoisotopic (exact) mass is 255 g/mol. The lowest BCUT2D eigenvalue weighted by atomic mass is 9.81. The Balaban J connectivity index is 1.73. The van der Waals surface area contributed by atoms with E-state index in [4.69, 9.17) is 0 Å². The van der Waals surface area contributed by atoms with Gasteiger partial charge in [-0.05, 0) is 50.2 Å². The number of nitrogens with zero attached hydrogens (tertiary/aromatic N) is 1. The molecule has 0 spiro atoms. The van der Waals surface area contributed by atoms with Crippen molar-refractivity contribution in [3.8, 4) is 0 Å². The van der Waals surface area contributed by atoms with Crippen LogP contribution in [0.3, 0.4) is 0 Å². The highest BCUT2D eigenvalue weighted by Gasteiger charge is 2.61. The Hall–Kier alpha value is -1.64. The zero-order chi connectivity index (χ0) is 13.1. The molecule has 1 heterocycles. The van der Waals surface area contributed by atoms with E-state index in [0.29, 0.717) is 11.8 Å². The van der Waals surface area contributed by atoms with Crippen LogP contribution in [-0.4, -0.2) is 11.8 Å². The van der Waals surface area contributed by atoms with Gasteiger partial charge in [0.1, 0.15) is 0 Å². The van der Waals surface area contributed by atoms with Crippen molar-refractivity contribution in [3.63, 3.8) is 0 Å². The van der Waals surface area contributed by atoms with Crippen molar-refractivity contribution >= 4 is 17.5 Å². The molecule has 0 radical (unpaired) electrons. The van der Waals surface area contributed by atoms with Crippen molar-refractivity contribution in [2.75, 3.05) is 4.90 Å². The maximum Gasteiger partial charge on any atom is 0.237 e. The molecule has 0 unspecified atom stereocenters. The van der Waals surface area contributed by atoms with Crippen molar-refractivity contribution in [3.05, 3.63) is 29.8 Å². The van der Waals surface area contributed by atoms with Gasteiger partial charge >= 0.3 is 0 Å². The highest BCUT2D eigenvalue weighted by molar-refractivity contribution is 6.22. The van der Waals surface area contributed by atoms with Gasteiger partial charge in [0.2, 0.25) is 11.8 Å². The molecule has 4 rings (SSSR count). The second kappa shape index (κ2) is 3.69. The van der Waals surface area contributed by atoms with Crippen molar-refractivity contribution < 1.29 is 9.59 Å². The molecule has 2 amide bonds. The summed E-state index contributed by atoms with van der Waals surface area (Å²) >= 11 is 0. The van der Waals surface area contributed by atoms with Gasteiger partial charge in [0.15, 0.2) is 0 Å². The lowest BCUT2D eigenvalue weighted by Crippen LogP contribution is -2.32. The molecule has 2 aliphatic carbocycles. The van der Waals surface area contributed by atoms with E-state index in [1.165, 1.54) is 4.90 Å². The van der Waals surface area contributed by atoms with Gasteiger partial charge in [-0.25, -0.2) is 0 Å². The standard InChI is InChI=1S/C16H17NO2/c1-9-2-6-12(7-3-9)17-15(18)13-10-4-5-11(8-10)14(13)16(17)19/h2-3,6-7,10-11,13-14H,4-5,8H2,1H3/t10-,11-,13-,14-/m0/s1. The third-order valence-corrected chi connectivity index (χ3v) is 5.22. The third-order valence-electron chi connectivity index (χ3n) is 5.22. The predicted octanol–water partition coefficient (Wildman–Crippen LogP) is 2.53. The predicted molar refractivity (Wildman–Crippen MR) is 71.5 cm³/mol. The Labute approximate surface area is 112 Å². The van der Waals surface area contributed by atoms with E-state index in [0.717, 1.165) is 30.5 Å². The molecular formula is C16H17NO2. The Bertz CT molecular complexity index is 535. The molecule has 0 N–H and O–H groups in total. The molecule has 3 heteroatoms. The van der Waals surface area contributed by atoms with Gasteiger partial charge in [0.25, 0.3) is 0 Å².